The molecule has 0 aliphatic carbocycles. The maximum absolute atomic E-state index is 13.7. The van der Waals surface area contributed by atoms with Crippen LogP contribution in [0.2, 0.25) is 0 Å². The van der Waals surface area contributed by atoms with Gasteiger partial charge in [-0.05, 0) is 32.9 Å². The van der Waals surface area contributed by atoms with E-state index in [1.54, 1.807) is 18.3 Å². The minimum absolute atomic E-state index is 0.0565. The quantitative estimate of drug-likeness (QED) is 0.911. The molecule has 1 aromatic heterocycles. The number of halogens is 2. The summed E-state index contributed by atoms with van der Waals surface area (Å²) in [6.45, 7) is 5.61. The molecule has 0 spiro atoms. The highest BCUT2D eigenvalue weighted by Crippen LogP contribution is 2.24. The van der Waals surface area contributed by atoms with Crippen LogP contribution in [-0.2, 0) is 0 Å². The van der Waals surface area contributed by atoms with E-state index < -0.39 is 17.7 Å². The molecule has 102 valence electrons. The van der Waals surface area contributed by atoms with Gasteiger partial charge in [0.1, 0.15) is 11.6 Å². The highest BCUT2D eigenvalue weighted by molar-refractivity contribution is 7.09. The predicted octanol–water partition coefficient (Wildman–Crippen LogP) is 4.14. The SMILES string of the molecule is Cc1nc(C(C)NC(C)c2c(F)cccc2F)cs1. The normalized spacial score (nSPS) is 14.4. The zero-order valence-corrected chi connectivity index (χ0v) is 11.9. The molecule has 0 radical (unpaired) electrons. The predicted molar refractivity (Wildman–Crippen MR) is 73.2 cm³/mol. The fourth-order valence-corrected chi connectivity index (χ4v) is 2.75. The maximum Gasteiger partial charge on any atom is 0.130 e. The van der Waals surface area contributed by atoms with Crippen molar-refractivity contribution in [1.82, 2.24) is 10.3 Å². The number of nitrogens with zero attached hydrogens (tertiary/aromatic N) is 1. The van der Waals surface area contributed by atoms with Gasteiger partial charge < -0.3 is 5.32 Å². The largest absolute Gasteiger partial charge is 0.302 e. The summed E-state index contributed by atoms with van der Waals surface area (Å²) in [6.07, 6.45) is 0. The first-order chi connectivity index (χ1) is 8.99. The summed E-state index contributed by atoms with van der Waals surface area (Å²) >= 11 is 1.56. The molecule has 5 heteroatoms. The van der Waals surface area contributed by atoms with Gasteiger partial charge in [0.2, 0.25) is 0 Å². The fraction of sp³-hybridized carbons (Fsp3) is 0.357. The van der Waals surface area contributed by atoms with E-state index in [9.17, 15) is 8.78 Å². The molecule has 2 aromatic rings. The minimum Gasteiger partial charge on any atom is -0.302 e. The lowest BCUT2D eigenvalue weighted by Crippen LogP contribution is -2.24. The van der Waals surface area contributed by atoms with Gasteiger partial charge in [-0.2, -0.15) is 0 Å². The standard InChI is InChI=1S/C14H16F2N2S/c1-8(13-7-19-10(3)18-13)17-9(2)14-11(15)5-4-6-12(14)16/h4-9,17H,1-3H3. The summed E-state index contributed by atoms with van der Waals surface area (Å²) in [5, 5.41) is 6.11. The number of thiazole rings is 1. The molecular formula is C14H16F2N2S. The third kappa shape index (κ3) is 3.16. The molecule has 0 saturated heterocycles. The van der Waals surface area contributed by atoms with Crippen molar-refractivity contribution in [2.75, 3.05) is 0 Å². The van der Waals surface area contributed by atoms with Crippen LogP contribution in [0.3, 0.4) is 0 Å². The molecule has 1 heterocycles. The van der Waals surface area contributed by atoms with E-state index in [4.69, 9.17) is 0 Å². The smallest absolute Gasteiger partial charge is 0.130 e. The lowest BCUT2D eigenvalue weighted by molar-refractivity contribution is 0.445. The molecule has 2 nitrogen and oxygen atoms in total. The number of aryl methyl sites for hydroxylation is 1. The van der Waals surface area contributed by atoms with Gasteiger partial charge in [-0.15, -0.1) is 11.3 Å². The van der Waals surface area contributed by atoms with Crippen LogP contribution in [0.5, 0.6) is 0 Å². The average molecular weight is 282 g/mol. The number of aromatic nitrogens is 1. The molecule has 0 amide bonds. The second-order valence-electron chi connectivity index (χ2n) is 4.54. The van der Waals surface area contributed by atoms with Gasteiger partial charge in [-0.25, -0.2) is 13.8 Å². The highest BCUT2D eigenvalue weighted by Gasteiger charge is 2.19. The van der Waals surface area contributed by atoms with Crippen LogP contribution in [0.1, 0.15) is 42.2 Å². The number of benzene rings is 1. The third-order valence-electron chi connectivity index (χ3n) is 3.01. The molecule has 2 rings (SSSR count). The Bertz CT molecular complexity index is 548. The summed E-state index contributed by atoms with van der Waals surface area (Å²) in [7, 11) is 0. The molecule has 0 fully saturated rings. The van der Waals surface area contributed by atoms with Gasteiger partial charge in [0.05, 0.1) is 10.7 Å². The van der Waals surface area contributed by atoms with E-state index in [2.05, 4.69) is 10.3 Å². The fourth-order valence-electron chi connectivity index (χ4n) is 2.05. The zero-order chi connectivity index (χ0) is 14.0. The molecule has 0 aliphatic heterocycles. The van der Waals surface area contributed by atoms with Crippen molar-refractivity contribution in [3.05, 3.63) is 51.5 Å². The Morgan fingerprint density at radius 3 is 2.32 bits per heavy atom. The van der Waals surface area contributed by atoms with Gasteiger partial charge in [-0.3, -0.25) is 0 Å². The Balaban J connectivity index is 2.15. The first kappa shape index (κ1) is 14.1. The first-order valence-corrected chi connectivity index (χ1v) is 6.99. The van der Waals surface area contributed by atoms with Crippen molar-refractivity contribution >= 4 is 11.3 Å². The third-order valence-corrected chi connectivity index (χ3v) is 3.80. The van der Waals surface area contributed by atoms with Crippen LogP contribution in [-0.4, -0.2) is 4.98 Å². The van der Waals surface area contributed by atoms with Crippen molar-refractivity contribution in [3.63, 3.8) is 0 Å². The molecule has 0 saturated carbocycles. The molecule has 1 aromatic carbocycles. The van der Waals surface area contributed by atoms with E-state index in [0.717, 1.165) is 10.7 Å². The maximum atomic E-state index is 13.7. The average Bonchev–Trinajstić information content (AvgIpc) is 2.75. The second kappa shape index (κ2) is 5.75. The summed E-state index contributed by atoms with van der Waals surface area (Å²) in [5.41, 5.74) is 0.965. The molecule has 1 N–H and O–H groups in total. The van der Waals surface area contributed by atoms with E-state index in [1.165, 1.54) is 18.2 Å². The molecular weight excluding hydrogens is 266 g/mol. The number of hydrogen-bond donors (Lipinski definition) is 1. The Morgan fingerprint density at radius 1 is 1.16 bits per heavy atom. The molecule has 0 bridgehead atoms. The zero-order valence-electron chi connectivity index (χ0n) is 11.1. The number of nitrogens with one attached hydrogen (secondary N) is 1. The molecule has 2 atom stereocenters. The Labute approximate surface area is 115 Å². The lowest BCUT2D eigenvalue weighted by atomic mass is 10.1. The first-order valence-electron chi connectivity index (χ1n) is 6.11. The minimum atomic E-state index is -0.526. The second-order valence-corrected chi connectivity index (χ2v) is 5.60. The summed E-state index contributed by atoms with van der Waals surface area (Å²) in [5.74, 6) is -1.05. The summed E-state index contributed by atoms with van der Waals surface area (Å²) in [6, 6.07) is 3.44. The van der Waals surface area contributed by atoms with Crippen molar-refractivity contribution in [2.45, 2.75) is 32.9 Å². The van der Waals surface area contributed by atoms with E-state index >= 15 is 0 Å². The van der Waals surface area contributed by atoms with Crippen molar-refractivity contribution in [1.29, 1.82) is 0 Å². The van der Waals surface area contributed by atoms with Gasteiger partial charge in [-0.1, -0.05) is 6.07 Å². The Hall–Kier alpha value is -1.33. The van der Waals surface area contributed by atoms with Crippen molar-refractivity contribution < 1.29 is 8.78 Å². The van der Waals surface area contributed by atoms with Gasteiger partial charge in [0.15, 0.2) is 0 Å². The summed E-state index contributed by atoms with van der Waals surface area (Å²) in [4.78, 5) is 4.37. The highest BCUT2D eigenvalue weighted by atomic mass is 32.1. The topological polar surface area (TPSA) is 24.9 Å². The van der Waals surface area contributed by atoms with Crippen LogP contribution in [0.15, 0.2) is 23.6 Å². The van der Waals surface area contributed by atoms with Gasteiger partial charge >= 0.3 is 0 Å². The van der Waals surface area contributed by atoms with Gasteiger partial charge in [0, 0.05) is 23.0 Å². The Kier molecular flexibility index (Phi) is 4.27. The monoisotopic (exact) mass is 282 g/mol. The van der Waals surface area contributed by atoms with Crippen LogP contribution >= 0.6 is 11.3 Å². The number of rotatable bonds is 4. The lowest BCUT2D eigenvalue weighted by Gasteiger charge is -2.20. The van der Waals surface area contributed by atoms with Crippen LogP contribution in [0, 0.1) is 18.6 Å². The molecule has 2 unspecified atom stereocenters. The van der Waals surface area contributed by atoms with E-state index in [-0.39, 0.29) is 11.6 Å². The van der Waals surface area contributed by atoms with E-state index in [0.29, 0.717) is 0 Å². The van der Waals surface area contributed by atoms with Crippen molar-refractivity contribution in [3.8, 4) is 0 Å². The summed E-state index contributed by atoms with van der Waals surface area (Å²) < 4.78 is 27.3. The van der Waals surface area contributed by atoms with Crippen LogP contribution in [0.4, 0.5) is 8.78 Å². The Morgan fingerprint density at radius 2 is 1.79 bits per heavy atom. The number of hydrogen-bond acceptors (Lipinski definition) is 3. The van der Waals surface area contributed by atoms with Crippen LogP contribution < -0.4 is 5.32 Å². The van der Waals surface area contributed by atoms with E-state index in [1.807, 2.05) is 19.2 Å². The van der Waals surface area contributed by atoms with Crippen LogP contribution in [0.25, 0.3) is 0 Å². The molecule has 0 aliphatic rings. The molecule has 19 heavy (non-hydrogen) atoms. The van der Waals surface area contributed by atoms with Crippen molar-refractivity contribution in [2.24, 2.45) is 0 Å². The van der Waals surface area contributed by atoms with Gasteiger partial charge in [0.25, 0.3) is 0 Å².